The van der Waals surface area contributed by atoms with E-state index in [-0.39, 0.29) is 12.2 Å². The standard InChI is InChI=1S/C13H9Cl2NO/c14-10-5-6-12(16-8-10)13(17)7-9-3-1-2-4-11(9)15/h1-6,8H,7H2. The number of ketones is 1. The predicted octanol–water partition coefficient (Wildman–Crippen LogP) is 3.81. The van der Waals surface area contributed by atoms with Gasteiger partial charge in [-0.1, -0.05) is 41.4 Å². The molecule has 1 aromatic carbocycles. The molecule has 0 N–H and O–H groups in total. The summed E-state index contributed by atoms with van der Waals surface area (Å²) >= 11 is 11.7. The van der Waals surface area contributed by atoms with Gasteiger partial charge in [0.05, 0.1) is 5.02 Å². The number of rotatable bonds is 3. The molecule has 17 heavy (non-hydrogen) atoms. The summed E-state index contributed by atoms with van der Waals surface area (Å²) in [5.74, 6) is -0.0743. The van der Waals surface area contributed by atoms with Crippen LogP contribution in [-0.2, 0) is 6.42 Å². The van der Waals surface area contributed by atoms with E-state index in [1.54, 1.807) is 18.2 Å². The molecule has 0 unspecified atom stereocenters. The molecule has 2 nitrogen and oxygen atoms in total. The molecule has 0 aliphatic rings. The summed E-state index contributed by atoms with van der Waals surface area (Å²) in [5.41, 5.74) is 1.20. The third kappa shape index (κ3) is 3.05. The number of nitrogens with zero attached hydrogens (tertiary/aromatic N) is 1. The Balaban J connectivity index is 2.17. The van der Waals surface area contributed by atoms with Gasteiger partial charge in [-0.15, -0.1) is 0 Å². The normalized spacial score (nSPS) is 10.2. The van der Waals surface area contributed by atoms with Gasteiger partial charge in [0.1, 0.15) is 5.69 Å². The van der Waals surface area contributed by atoms with Gasteiger partial charge in [0.25, 0.3) is 0 Å². The first-order valence-electron chi connectivity index (χ1n) is 5.05. The summed E-state index contributed by atoms with van der Waals surface area (Å²) in [6, 6.07) is 10.5. The van der Waals surface area contributed by atoms with Crippen LogP contribution < -0.4 is 0 Å². The molecule has 0 radical (unpaired) electrons. The first-order chi connectivity index (χ1) is 8.16. The third-order valence-corrected chi connectivity index (χ3v) is 2.91. The molecule has 0 amide bonds. The van der Waals surface area contributed by atoms with Crippen LogP contribution in [0.3, 0.4) is 0 Å². The Morgan fingerprint density at radius 1 is 1.12 bits per heavy atom. The fourth-order valence-corrected chi connectivity index (χ4v) is 1.76. The summed E-state index contributed by atoms with van der Waals surface area (Å²) in [5, 5.41) is 1.11. The van der Waals surface area contributed by atoms with Crippen molar-refractivity contribution in [3.05, 3.63) is 63.9 Å². The number of halogens is 2. The van der Waals surface area contributed by atoms with Crippen molar-refractivity contribution < 1.29 is 4.79 Å². The van der Waals surface area contributed by atoms with Crippen LogP contribution in [0.2, 0.25) is 10.0 Å². The van der Waals surface area contributed by atoms with Crippen LogP contribution in [-0.4, -0.2) is 10.8 Å². The average molecular weight is 266 g/mol. The molecule has 0 fully saturated rings. The molecule has 1 aromatic heterocycles. The maximum atomic E-state index is 11.9. The fraction of sp³-hybridized carbons (Fsp3) is 0.0769. The van der Waals surface area contributed by atoms with Gasteiger partial charge >= 0.3 is 0 Å². The van der Waals surface area contributed by atoms with Crippen molar-refractivity contribution in [2.45, 2.75) is 6.42 Å². The van der Waals surface area contributed by atoms with Crippen molar-refractivity contribution in [3.63, 3.8) is 0 Å². The Labute approximate surface area is 109 Å². The number of carbonyl (C=O) groups is 1. The third-order valence-electron chi connectivity index (χ3n) is 2.32. The molecule has 0 aliphatic carbocycles. The Kier molecular flexibility index (Phi) is 3.77. The highest BCUT2D eigenvalue weighted by Gasteiger charge is 2.10. The minimum absolute atomic E-state index is 0.0743. The lowest BCUT2D eigenvalue weighted by molar-refractivity contribution is 0.0988. The van der Waals surface area contributed by atoms with Crippen LogP contribution in [0.5, 0.6) is 0 Å². The van der Waals surface area contributed by atoms with E-state index in [0.717, 1.165) is 5.56 Å². The summed E-state index contributed by atoms with van der Waals surface area (Å²) in [6.45, 7) is 0. The van der Waals surface area contributed by atoms with Crippen LogP contribution in [0.25, 0.3) is 0 Å². The molecular weight excluding hydrogens is 257 g/mol. The smallest absolute Gasteiger partial charge is 0.185 e. The van der Waals surface area contributed by atoms with Crippen molar-refractivity contribution in [3.8, 4) is 0 Å². The predicted molar refractivity (Wildman–Crippen MR) is 68.7 cm³/mol. The number of aromatic nitrogens is 1. The maximum Gasteiger partial charge on any atom is 0.185 e. The van der Waals surface area contributed by atoms with Gasteiger partial charge in [-0.05, 0) is 23.8 Å². The van der Waals surface area contributed by atoms with Crippen molar-refractivity contribution in [2.24, 2.45) is 0 Å². The second-order valence-corrected chi connectivity index (χ2v) is 4.40. The van der Waals surface area contributed by atoms with Crippen molar-refractivity contribution in [1.82, 2.24) is 4.98 Å². The SMILES string of the molecule is O=C(Cc1ccccc1Cl)c1ccc(Cl)cn1. The van der Waals surface area contributed by atoms with Gasteiger partial charge in [0, 0.05) is 17.6 Å². The Morgan fingerprint density at radius 3 is 2.53 bits per heavy atom. The van der Waals surface area contributed by atoms with Crippen molar-refractivity contribution >= 4 is 29.0 Å². The van der Waals surface area contributed by atoms with E-state index in [1.807, 2.05) is 18.2 Å². The van der Waals surface area contributed by atoms with Gasteiger partial charge in [0.2, 0.25) is 0 Å². The molecule has 0 saturated carbocycles. The fourth-order valence-electron chi connectivity index (χ4n) is 1.45. The maximum absolute atomic E-state index is 11.9. The summed E-state index contributed by atoms with van der Waals surface area (Å²) in [6.07, 6.45) is 1.70. The van der Waals surface area contributed by atoms with E-state index in [9.17, 15) is 4.79 Å². The molecule has 0 aliphatic heterocycles. The highest BCUT2D eigenvalue weighted by molar-refractivity contribution is 6.31. The van der Waals surface area contributed by atoms with Gasteiger partial charge in [0.15, 0.2) is 5.78 Å². The second-order valence-electron chi connectivity index (χ2n) is 3.55. The number of hydrogen-bond donors (Lipinski definition) is 0. The zero-order valence-electron chi connectivity index (χ0n) is 8.86. The van der Waals surface area contributed by atoms with E-state index in [1.165, 1.54) is 6.20 Å². The molecule has 1 heterocycles. The number of benzene rings is 1. The molecule has 0 atom stereocenters. The minimum atomic E-state index is -0.0743. The lowest BCUT2D eigenvalue weighted by Crippen LogP contribution is -2.05. The first kappa shape index (κ1) is 12.1. The molecule has 2 rings (SSSR count). The summed E-state index contributed by atoms with van der Waals surface area (Å²) in [7, 11) is 0. The van der Waals surface area contributed by atoms with Gasteiger partial charge in [-0.2, -0.15) is 0 Å². The minimum Gasteiger partial charge on any atom is -0.292 e. The number of pyridine rings is 1. The van der Waals surface area contributed by atoms with Crippen molar-refractivity contribution in [1.29, 1.82) is 0 Å². The largest absolute Gasteiger partial charge is 0.292 e. The van der Waals surface area contributed by atoms with Gasteiger partial charge in [-0.3, -0.25) is 9.78 Å². The van der Waals surface area contributed by atoms with E-state index >= 15 is 0 Å². The van der Waals surface area contributed by atoms with E-state index in [0.29, 0.717) is 15.7 Å². The Bertz CT molecular complexity index is 537. The quantitative estimate of drug-likeness (QED) is 0.790. The average Bonchev–Trinajstić information content (AvgIpc) is 2.33. The van der Waals surface area contributed by atoms with Crippen LogP contribution in [0.1, 0.15) is 16.1 Å². The van der Waals surface area contributed by atoms with Crippen LogP contribution >= 0.6 is 23.2 Å². The van der Waals surface area contributed by atoms with Crippen LogP contribution in [0.15, 0.2) is 42.6 Å². The topological polar surface area (TPSA) is 30.0 Å². The zero-order chi connectivity index (χ0) is 12.3. The number of Topliss-reactive ketones (excluding diaryl/α,β-unsaturated/α-hetero) is 1. The number of carbonyl (C=O) groups excluding carboxylic acids is 1. The zero-order valence-corrected chi connectivity index (χ0v) is 10.4. The van der Waals surface area contributed by atoms with Crippen LogP contribution in [0, 0.1) is 0 Å². The van der Waals surface area contributed by atoms with E-state index < -0.39 is 0 Å². The molecule has 0 bridgehead atoms. The molecule has 0 saturated heterocycles. The van der Waals surface area contributed by atoms with Crippen molar-refractivity contribution in [2.75, 3.05) is 0 Å². The van der Waals surface area contributed by atoms with Crippen LogP contribution in [0.4, 0.5) is 0 Å². The highest BCUT2D eigenvalue weighted by atomic mass is 35.5. The molecular formula is C13H9Cl2NO. The molecule has 0 spiro atoms. The lowest BCUT2D eigenvalue weighted by Gasteiger charge is -2.03. The summed E-state index contributed by atoms with van der Waals surface area (Å²) < 4.78 is 0. The monoisotopic (exact) mass is 265 g/mol. The lowest BCUT2D eigenvalue weighted by atomic mass is 10.1. The van der Waals surface area contributed by atoms with Gasteiger partial charge < -0.3 is 0 Å². The number of hydrogen-bond acceptors (Lipinski definition) is 2. The first-order valence-corrected chi connectivity index (χ1v) is 5.80. The Hall–Kier alpha value is -1.38. The summed E-state index contributed by atoms with van der Waals surface area (Å²) in [4.78, 5) is 15.9. The second kappa shape index (κ2) is 5.30. The molecule has 4 heteroatoms. The highest BCUT2D eigenvalue weighted by Crippen LogP contribution is 2.17. The Morgan fingerprint density at radius 2 is 1.88 bits per heavy atom. The molecule has 2 aromatic rings. The molecule has 86 valence electrons. The van der Waals surface area contributed by atoms with Gasteiger partial charge in [-0.25, -0.2) is 0 Å². The van der Waals surface area contributed by atoms with E-state index in [2.05, 4.69) is 4.98 Å². The van der Waals surface area contributed by atoms with E-state index in [4.69, 9.17) is 23.2 Å².